The number of hydrogen-bond acceptors (Lipinski definition) is 0. The molecule has 0 heterocycles. The van der Waals surface area contributed by atoms with Gasteiger partial charge in [-0.25, -0.2) is 0 Å². The van der Waals surface area contributed by atoms with E-state index in [9.17, 15) is 0 Å². The van der Waals surface area contributed by atoms with Crippen LogP contribution in [0.4, 0.5) is 0 Å². The first-order valence-corrected chi connectivity index (χ1v) is 27.0. The quantitative estimate of drug-likeness (QED) is 0.0355. The van der Waals surface area contributed by atoms with E-state index in [4.69, 9.17) is 0 Å². The van der Waals surface area contributed by atoms with Gasteiger partial charge in [0.2, 0.25) is 0 Å². The Morgan fingerprint density at radius 3 is 0.758 bits per heavy atom. The Labute approximate surface area is 382 Å². The van der Waals surface area contributed by atoms with Gasteiger partial charge < -0.3 is 0 Å². The fourth-order valence-corrected chi connectivity index (χ4v) is 10.8. The topological polar surface area (TPSA) is 0 Å². The molecule has 0 saturated heterocycles. The van der Waals surface area contributed by atoms with E-state index in [-0.39, 0.29) is 0 Å². The summed E-state index contributed by atoms with van der Waals surface area (Å²) < 4.78 is 0. The molecule has 0 spiro atoms. The zero-order chi connectivity index (χ0) is 42.9. The largest absolute Gasteiger partial charge is 0.0654 e. The zero-order valence-electron chi connectivity index (χ0n) is 40.1. The normalized spacial score (nSPS) is 13.7. The molecule has 4 aromatic carbocycles. The highest BCUT2D eigenvalue weighted by molar-refractivity contribution is 6.18. The van der Waals surface area contributed by atoms with E-state index >= 15 is 0 Å². The van der Waals surface area contributed by atoms with Gasteiger partial charge >= 0.3 is 0 Å². The third-order valence-corrected chi connectivity index (χ3v) is 14.6. The summed E-state index contributed by atoms with van der Waals surface area (Å²) in [6, 6.07) is 33.3. The minimum absolute atomic E-state index is 1.18. The molecule has 0 atom stereocenters. The van der Waals surface area contributed by atoms with E-state index < -0.39 is 0 Å². The minimum Gasteiger partial charge on any atom is -0.0654 e. The first-order chi connectivity index (χ1) is 30.8. The predicted octanol–water partition coefficient (Wildman–Crippen LogP) is 20.3. The molecular formula is C62H88. The summed E-state index contributed by atoms with van der Waals surface area (Å²) in [4.78, 5) is 0. The molecule has 0 N–H and O–H groups in total. The lowest BCUT2D eigenvalue weighted by Crippen LogP contribution is -1.94. The van der Waals surface area contributed by atoms with Crippen molar-refractivity contribution in [1.82, 2.24) is 0 Å². The summed E-state index contributed by atoms with van der Waals surface area (Å²) in [5.74, 6) is 0. The second-order valence-corrected chi connectivity index (χ2v) is 19.7. The van der Waals surface area contributed by atoms with Crippen LogP contribution in [0.15, 0.2) is 84.9 Å². The van der Waals surface area contributed by atoms with Crippen LogP contribution in [0.1, 0.15) is 253 Å². The van der Waals surface area contributed by atoms with Crippen molar-refractivity contribution in [3.63, 3.8) is 0 Å². The van der Waals surface area contributed by atoms with Crippen LogP contribution in [-0.2, 0) is 12.8 Å². The summed E-state index contributed by atoms with van der Waals surface area (Å²) >= 11 is 0. The Morgan fingerprint density at radius 1 is 0.226 bits per heavy atom. The average Bonchev–Trinajstić information content (AvgIpc) is 3.79. The molecule has 0 radical (unpaired) electrons. The Bertz CT molecular complexity index is 1750. The maximum atomic E-state index is 2.57. The highest BCUT2D eigenvalue weighted by atomic mass is 14.3. The number of unbranched alkanes of at least 4 members (excludes halogenated alkanes) is 30. The van der Waals surface area contributed by atoms with Gasteiger partial charge in [-0.1, -0.05) is 291 Å². The Kier molecular flexibility index (Phi) is 22.0. The van der Waals surface area contributed by atoms with Crippen molar-refractivity contribution in [1.29, 1.82) is 0 Å². The van der Waals surface area contributed by atoms with Crippen molar-refractivity contribution in [3.05, 3.63) is 118 Å². The number of fused-ring (bicyclic) bond motifs is 6. The first-order valence-electron chi connectivity index (χ1n) is 27.0. The predicted molar refractivity (Wildman–Crippen MR) is 275 cm³/mol. The first kappa shape index (κ1) is 48.1. The van der Waals surface area contributed by atoms with Gasteiger partial charge in [0.25, 0.3) is 0 Å². The third kappa shape index (κ3) is 14.8. The molecule has 0 bridgehead atoms. The standard InChI is InChI=1S/C62H88/c1-3-5-7-9-11-13-15-17-19-21-23-25-27-29-31-33-39-51-45-47-55-53-41-35-37-43-57(53)61(59(55)49-51)62-58-44-38-36-42-54(58)56-48-46-52(50-60(56)62)40-34-32-30-28-26-24-22-20-18-16-14-12-10-8-6-4-2/h35-38,41-50H,3-34,39-40H2,1-2H3/b62-61+. The molecule has 2 aliphatic carbocycles. The van der Waals surface area contributed by atoms with Crippen LogP contribution >= 0.6 is 0 Å². The van der Waals surface area contributed by atoms with Gasteiger partial charge in [-0.3, -0.25) is 0 Å². The maximum absolute atomic E-state index is 2.57. The molecule has 0 amide bonds. The SMILES string of the molecule is CCCCCCCCCCCCCCCCCCc1ccc2c(c1)/C(=C1\c3ccccc3-c3ccc(CCCCCCCCCCCCCCCCCC)cc31)c1ccccc1-2. The fraction of sp³-hybridized carbons (Fsp3) is 0.581. The second kappa shape index (κ2) is 28.4. The monoisotopic (exact) mass is 833 g/mol. The van der Waals surface area contributed by atoms with Crippen LogP contribution in [0.2, 0.25) is 0 Å². The lowest BCUT2D eigenvalue weighted by Gasteiger charge is -2.13. The van der Waals surface area contributed by atoms with Gasteiger partial charge in [0, 0.05) is 0 Å². The molecule has 2 aliphatic rings. The molecule has 4 aromatic rings. The van der Waals surface area contributed by atoms with Crippen molar-refractivity contribution in [2.24, 2.45) is 0 Å². The summed E-state index contributed by atoms with van der Waals surface area (Å²) in [7, 11) is 0. The minimum atomic E-state index is 1.18. The number of benzene rings is 4. The van der Waals surface area contributed by atoms with E-state index in [0.29, 0.717) is 0 Å². The van der Waals surface area contributed by atoms with Gasteiger partial charge in [-0.05, 0) is 92.5 Å². The van der Waals surface area contributed by atoms with Gasteiger partial charge in [0.15, 0.2) is 0 Å². The molecule has 62 heavy (non-hydrogen) atoms. The van der Waals surface area contributed by atoms with Crippen LogP contribution in [0.25, 0.3) is 33.4 Å². The lowest BCUT2D eigenvalue weighted by molar-refractivity contribution is 0.529. The van der Waals surface area contributed by atoms with E-state index in [1.165, 1.54) is 285 Å². The molecule has 0 aliphatic heterocycles. The molecule has 0 fully saturated rings. The molecule has 6 rings (SSSR count). The highest BCUT2D eigenvalue weighted by Gasteiger charge is 2.32. The second-order valence-electron chi connectivity index (χ2n) is 19.7. The molecular weight excluding hydrogens is 745 g/mol. The summed E-state index contributed by atoms with van der Waals surface area (Å²) in [6.45, 7) is 4.62. The average molecular weight is 833 g/mol. The molecule has 0 unspecified atom stereocenters. The van der Waals surface area contributed by atoms with Gasteiger partial charge in [0.1, 0.15) is 0 Å². The Hall–Kier alpha value is -3.38. The zero-order valence-corrected chi connectivity index (χ0v) is 40.1. The van der Waals surface area contributed by atoms with E-state index in [2.05, 4.69) is 98.8 Å². The Morgan fingerprint density at radius 2 is 0.468 bits per heavy atom. The molecule has 0 aromatic heterocycles. The lowest BCUT2D eigenvalue weighted by atomic mass is 9.90. The highest BCUT2D eigenvalue weighted by Crippen LogP contribution is 2.54. The van der Waals surface area contributed by atoms with E-state index in [1.807, 2.05) is 0 Å². The van der Waals surface area contributed by atoms with Gasteiger partial charge in [-0.2, -0.15) is 0 Å². The van der Waals surface area contributed by atoms with Crippen molar-refractivity contribution >= 4 is 11.1 Å². The molecule has 0 heteroatoms. The number of rotatable bonds is 34. The van der Waals surface area contributed by atoms with E-state index in [1.54, 1.807) is 0 Å². The summed E-state index contributed by atoms with van der Waals surface area (Å²) in [6.07, 6.45) is 47.8. The third-order valence-electron chi connectivity index (χ3n) is 14.6. The van der Waals surface area contributed by atoms with Gasteiger partial charge in [-0.15, -0.1) is 0 Å². The fourth-order valence-electron chi connectivity index (χ4n) is 10.8. The smallest absolute Gasteiger partial charge is 0.00138 e. The Balaban J connectivity index is 0.976. The van der Waals surface area contributed by atoms with Crippen molar-refractivity contribution in [3.8, 4) is 22.3 Å². The van der Waals surface area contributed by atoms with Crippen LogP contribution in [0.3, 0.4) is 0 Å². The number of hydrogen-bond donors (Lipinski definition) is 0. The number of aryl methyl sites for hydroxylation is 2. The molecule has 0 saturated carbocycles. The maximum Gasteiger partial charge on any atom is -0.00138 e. The summed E-state index contributed by atoms with van der Waals surface area (Å²) in [5.41, 5.74) is 17.2. The van der Waals surface area contributed by atoms with Crippen molar-refractivity contribution in [2.45, 2.75) is 232 Å². The molecule has 0 nitrogen and oxygen atoms in total. The molecule has 336 valence electrons. The van der Waals surface area contributed by atoms with Crippen molar-refractivity contribution < 1.29 is 0 Å². The van der Waals surface area contributed by atoms with Gasteiger partial charge in [0.05, 0.1) is 0 Å². The van der Waals surface area contributed by atoms with Crippen molar-refractivity contribution in [2.75, 3.05) is 0 Å². The van der Waals surface area contributed by atoms with Crippen LogP contribution in [0, 0.1) is 0 Å². The summed E-state index contributed by atoms with van der Waals surface area (Å²) in [5, 5.41) is 0. The van der Waals surface area contributed by atoms with E-state index in [0.717, 1.165) is 0 Å². The van der Waals surface area contributed by atoms with Crippen LogP contribution in [0.5, 0.6) is 0 Å². The van der Waals surface area contributed by atoms with Crippen LogP contribution < -0.4 is 0 Å². The van der Waals surface area contributed by atoms with Crippen LogP contribution in [-0.4, -0.2) is 0 Å².